The second-order valence-corrected chi connectivity index (χ2v) is 12.8. The van der Waals surface area contributed by atoms with E-state index in [1.54, 1.807) is 0 Å². The van der Waals surface area contributed by atoms with Gasteiger partial charge < -0.3 is 4.57 Å². The zero-order valence-electron chi connectivity index (χ0n) is 26.8. The van der Waals surface area contributed by atoms with Crippen LogP contribution in [0, 0.1) is 0 Å². The van der Waals surface area contributed by atoms with Crippen LogP contribution < -0.4 is 0 Å². The van der Waals surface area contributed by atoms with E-state index in [-0.39, 0.29) is 0 Å². The van der Waals surface area contributed by atoms with Gasteiger partial charge >= 0.3 is 0 Å². The van der Waals surface area contributed by atoms with Gasteiger partial charge in [0.05, 0.1) is 11.0 Å². The summed E-state index contributed by atoms with van der Waals surface area (Å²) in [5.74, 6) is 0. The molecule has 0 unspecified atom stereocenters. The Hall–Kier alpha value is -6.44. The van der Waals surface area contributed by atoms with Crippen LogP contribution >= 0.6 is 0 Å². The maximum Gasteiger partial charge on any atom is 0.0619 e. The fourth-order valence-corrected chi connectivity index (χ4v) is 8.07. The normalized spacial score (nSPS) is 11.7. The van der Waals surface area contributed by atoms with Crippen molar-refractivity contribution in [3.63, 3.8) is 0 Å². The first kappa shape index (κ1) is 27.7. The molecule has 0 bridgehead atoms. The summed E-state index contributed by atoms with van der Waals surface area (Å²) in [6, 6.07) is 68.6. The lowest BCUT2D eigenvalue weighted by molar-refractivity contribution is 1.19. The van der Waals surface area contributed by atoms with Gasteiger partial charge in [-0.05, 0) is 84.6 Å². The molecule has 10 rings (SSSR count). The number of nitrogens with zero attached hydrogens (tertiary/aromatic N) is 1. The Balaban J connectivity index is 1.23. The average Bonchev–Trinajstić information content (AvgIpc) is 3.52. The van der Waals surface area contributed by atoms with Gasteiger partial charge in [0.1, 0.15) is 0 Å². The number of hydrogen-bond donors (Lipinski definition) is 0. The first-order valence-electron chi connectivity index (χ1n) is 17.0. The van der Waals surface area contributed by atoms with Gasteiger partial charge in [-0.1, -0.05) is 164 Å². The first-order valence-corrected chi connectivity index (χ1v) is 17.0. The van der Waals surface area contributed by atoms with Gasteiger partial charge in [0.2, 0.25) is 0 Å². The lowest BCUT2D eigenvalue weighted by Gasteiger charge is -2.19. The molecule has 0 atom stereocenters. The molecule has 9 aromatic carbocycles. The van der Waals surface area contributed by atoms with Crippen molar-refractivity contribution < 1.29 is 0 Å². The summed E-state index contributed by atoms with van der Waals surface area (Å²) < 4.78 is 2.43. The van der Waals surface area contributed by atoms with Crippen molar-refractivity contribution in [3.05, 3.63) is 188 Å². The summed E-state index contributed by atoms with van der Waals surface area (Å²) in [5, 5.41) is 10.2. The minimum Gasteiger partial charge on any atom is -0.309 e. The molecule has 10 aromatic rings. The highest BCUT2D eigenvalue weighted by atomic mass is 15.0. The van der Waals surface area contributed by atoms with Crippen LogP contribution in [0.25, 0.3) is 93.2 Å². The third kappa shape index (κ3) is 4.26. The molecule has 0 saturated heterocycles. The maximum atomic E-state index is 2.43. The molecule has 1 nitrogen and oxygen atoms in total. The van der Waals surface area contributed by atoms with Gasteiger partial charge in [-0.15, -0.1) is 0 Å². The maximum absolute atomic E-state index is 2.43. The lowest BCUT2D eigenvalue weighted by Crippen LogP contribution is -1.94. The van der Waals surface area contributed by atoms with Gasteiger partial charge in [0.25, 0.3) is 0 Å². The molecule has 0 N–H and O–H groups in total. The highest BCUT2D eigenvalue weighted by Gasteiger charge is 2.20. The Morgan fingerprint density at radius 1 is 0.286 bits per heavy atom. The Morgan fingerprint density at radius 2 is 0.735 bits per heavy atom. The zero-order valence-corrected chi connectivity index (χ0v) is 26.8. The summed E-state index contributed by atoms with van der Waals surface area (Å²) in [6.45, 7) is 0. The second kappa shape index (κ2) is 11.1. The lowest BCUT2D eigenvalue weighted by atomic mass is 9.84. The van der Waals surface area contributed by atoms with Crippen molar-refractivity contribution in [2.45, 2.75) is 0 Å². The molecule has 0 aliphatic rings. The molecule has 0 fully saturated rings. The molecular formula is C48H31N. The largest absolute Gasteiger partial charge is 0.309 e. The standard InChI is InChI=1S/C48H31N/c1-3-15-33(16-4-1)46-40-23-10-7-19-36(40)37-20-8-11-24-41(37)47(46)34-29-27-32(28-30-34)43-31-44-39-22-13-14-26-45(39)49(35-17-5-2-6-18-35)48(44)42-25-12-9-21-38(42)43/h1-31H. The van der Waals surface area contributed by atoms with E-state index >= 15 is 0 Å². The predicted molar refractivity (Wildman–Crippen MR) is 210 cm³/mol. The molecule has 49 heavy (non-hydrogen) atoms. The van der Waals surface area contributed by atoms with E-state index in [1.807, 2.05) is 0 Å². The number of benzene rings is 9. The average molecular weight is 622 g/mol. The van der Waals surface area contributed by atoms with Gasteiger partial charge in [-0.3, -0.25) is 0 Å². The predicted octanol–water partition coefficient (Wildman–Crippen LogP) is 13.2. The van der Waals surface area contributed by atoms with Crippen LogP contribution in [-0.2, 0) is 0 Å². The summed E-state index contributed by atoms with van der Waals surface area (Å²) in [5.41, 5.74) is 11.1. The molecule has 1 heterocycles. The molecule has 0 spiro atoms. The van der Waals surface area contributed by atoms with Crippen molar-refractivity contribution in [3.8, 4) is 39.1 Å². The van der Waals surface area contributed by atoms with Crippen LogP contribution in [0.15, 0.2) is 188 Å². The van der Waals surface area contributed by atoms with Gasteiger partial charge in [0.15, 0.2) is 0 Å². The molecule has 1 aromatic heterocycles. The Morgan fingerprint density at radius 3 is 1.37 bits per heavy atom. The van der Waals surface area contributed by atoms with E-state index in [0.29, 0.717) is 0 Å². The summed E-state index contributed by atoms with van der Waals surface area (Å²) in [7, 11) is 0. The fraction of sp³-hybridized carbons (Fsp3) is 0. The second-order valence-electron chi connectivity index (χ2n) is 12.8. The van der Waals surface area contributed by atoms with E-state index in [1.165, 1.54) is 93.2 Å². The highest BCUT2D eigenvalue weighted by Crippen LogP contribution is 2.46. The van der Waals surface area contributed by atoms with E-state index in [0.717, 1.165) is 0 Å². The van der Waals surface area contributed by atoms with Crippen LogP contribution in [0.1, 0.15) is 0 Å². The van der Waals surface area contributed by atoms with Crippen LogP contribution in [0.2, 0.25) is 0 Å². The zero-order chi connectivity index (χ0) is 32.3. The smallest absolute Gasteiger partial charge is 0.0619 e. The molecule has 1 heteroatoms. The van der Waals surface area contributed by atoms with Crippen LogP contribution in [0.5, 0.6) is 0 Å². The molecule has 0 aliphatic carbocycles. The van der Waals surface area contributed by atoms with Gasteiger partial charge in [-0.25, -0.2) is 0 Å². The quantitative estimate of drug-likeness (QED) is 0.172. The SMILES string of the molecule is c1ccc(-c2c(-c3ccc(-c4cc5c6ccccc6n(-c6ccccc6)c5c5ccccc45)cc3)c3ccccc3c3ccccc23)cc1. The minimum atomic E-state index is 1.17. The third-order valence-corrected chi connectivity index (χ3v) is 10.2. The summed E-state index contributed by atoms with van der Waals surface area (Å²) in [6.07, 6.45) is 0. The molecular weight excluding hydrogens is 591 g/mol. The highest BCUT2D eigenvalue weighted by molar-refractivity contribution is 6.23. The monoisotopic (exact) mass is 621 g/mol. The molecule has 0 amide bonds. The van der Waals surface area contributed by atoms with Crippen LogP contribution in [0.3, 0.4) is 0 Å². The van der Waals surface area contributed by atoms with E-state index < -0.39 is 0 Å². The Bertz CT molecular complexity index is 2840. The topological polar surface area (TPSA) is 4.93 Å². The van der Waals surface area contributed by atoms with Gasteiger partial charge in [0, 0.05) is 21.8 Å². The minimum absolute atomic E-state index is 1.17. The first-order chi connectivity index (χ1) is 24.3. The third-order valence-electron chi connectivity index (χ3n) is 10.2. The van der Waals surface area contributed by atoms with Crippen molar-refractivity contribution >= 4 is 54.1 Å². The van der Waals surface area contributed by atoms with Crippen molar-refractivity contribution in [1.82, 2.24) is 4.57 Å². The molecule has 0 aliphatic heterocycles. The van der Waals surface area contributed by atoms with Crippen molar-refractivity contribution in [1.29, 1.82) is 0 Å². The number of hydrogen-bond acceptors (Lipinski definition) is 0. The van der Waals surface area contributed by atoms with Gasteiger partial charge in [-0.2, -0.15) is 0 Å². The Labute approximate surface area is 284 Å². The number of aromatic nitrogens is 1. The number of fused-ring (bicyclic) bond motifs is 8. The molecule has 0 radical (unpaired) electrons. The summed E-state index contributed by atoms with van der Waals surface area (Å²) in [4.78, 5) is 0. The van der Waals surface area contributed by atoms with Crippen molar-refractivity contribution in [2.75, 3.05) is 0 Å². The van der Waals surface area contributed by atoms with E-state index in [2.05, 4.69) is 193 Å². The van der Waals surface area contributed by atoms with E-state index in [4.69, 9.17) is 0 Å². The number of rotatable bonds is 4. The number of para-hydroxylation sites is 2. The fourth-order valence-electron chi connectivity index (χ4n) is 8.07. The summed E-state index contributed by atoms with van der Waals surface area (Å²) >= 11 is 0. The van der Waals surface area contributed by atoms with Crippen LogP contribution in [0.4, 0.5) is 0 Å². The van der Waals surface area contributed by atoms with Crippen molar-refractivity contribution in [2.24, 2.45) is 0 Å². The Kier molecular flexibility index (Phi) is 6.25. The molecule has 0 saturated carbocycles. The molecule has 228 valence electrons. The van der Waals surface area contributed by atoms with E-state index in [9.17, 15) is 0 Å². The van der Waals surface area contributed by atoms with Crippen LogP contribution in [-0.4, -0.2) is 4.57 Å².